The summed E-state index contributed by atoms with van der Waals surface area (Å²) >= 11 is 0. The molecule has 1 fully saturated rings. The summed E-state index contributed by atoms with van der Waals surface area (Å²) in [5.74, 6) is 0.231. The maximum absolute atomic E-state index is 11.8. The van der Waals surface area contributed by atoms with Crippen LogP contribution in [0.3, 0.4) is 0 Å². The van der Waals surface area contributed by atoms with E-state index in [1.807, 2.05) is 7.05 Å². The van der Waals surface area contributed by atoms with Gasteiger partial charge in [-0.05, 0) is 51.1 Å². The number of ether oxygens (including phenoxy) is 1. The van der Waals surface area contributed by atoms with Gasteiger partial charge in [-0.15, -0.1) is 0 Å². The van der Waals surface area contributed by atoms with Crippen LogP contribution in [-0.4, -0.2) is 48.0 Å². The summed E-state index contributed by atoms with van der Waals surface area (Å²) in [5.41, 5.74) is 0.175. The first-order valence-electron chi connectivity index (χ1n) is 6.64. The molecule has 2 N–H and O–H groups in total. The number of nitrogens with one attached hydrogen (secondary N) is 2. The summed E-state index contributed by atoms with van der Waals surface area (Å²) in [5, 5.41) is 3.01. The number of unbranched alkanes of at least 4 members (excludes halogenated alkanes) is 1. The van der Waals surface area contributed by atoms with E-state index in [9.17, 15) is 8.42 Å². The Labute approximate surface area is 111 Å². The SMILES string of the molecule is CNCCCCS(=O)(=O)NCC1(CCOC)CC1. The molecular weight excluding hydrogens is 252 g/mol. The van der Waals surface area contributed by atoms with Crippen molar-refractivity contribution in [1.29, 1.82) is 0 Å². The van der Waals surface area contributed by atoms with Crippen molar-refractivity contribution in [1.82, 2.24) is 10.0 Å². The molecule has 1 saturated carbocycles. The lowest BCUT2D eigenvalue weighted by atomic mass is 10.0. The standard InChI is InChI=1S/C12H26N2O3S/c1-13-8-3-4-10-18(15,16)14-11-12(5-6-12)7-9-17-2/h13-14H,3-11H2,1-2H3. The number of rotatable bonds is 11. The molecule has 18 heavy (non-hydrogen) atoms. The molecule has 108 valence electrons. The molecule has 5 nitrogen and oxygen atoms in total. The van der Waals surface area contributed by atoms with Gasteiger partial charge in [0.15, 0.2) is 0 Å². The highest BCUT2D eigenvalue weighted by atomic mass is 32.2. The van der Waals surface area contributed by atoms with E-state index in [0.717, 1.165) is 32.2 Å². The lowest BCUT2D eigenvalue weighted by Crippen LogP contribution is -2.32. The highest BCUT2D eigenvalue weighted by molar-refractivity contribution is 7.89. The van der Waals surface area contributed by atoms with Crippen LogP contribution in [0.5, 0.6) is 0 Å². The maximum Gasteiger partial charge on any atom is 0.211 e. The summed E-state index contributed by atoms with van der Waals surface area (Å²) in [6.07, 6.45) is 4.77. The monoisotopic (exact) mass is 278 g/mol. The van der Waals surface area contributed by atoms with Crippen LogP contribution in [0.2, 0.25) is 0 Å². The molecular formula is C12H26N2O3S. The zero-order valence-electron chi connectivity index (χ0n) is 11.5. The van der Waals surface area contributed by atoms with E-state index in [1.54, 1.807) is 7.11 Å². The van der Waals surface area contributed by atoms with E-state index in [-0.39, 0.29) is 11.2 Å². The second-order valence-corrected chi connectivity index (χ2v) is 7.12. The molecule has 1 aliphatic rings. The molecule has 0 radical (unpaired) electrons. The Balaban J connectivity index is 2.20. The van der Waals surface area contributed by atoms with Gasteiger partial charge in [0.1, 0.15) is 0 Å². The zero-order valence-corrected chi connectivity index (χ0v) is 12.3. The van der Waals surface area contributed by atoms with Crippen molar-refractivity contribution < 1.29 is 13.2 Å². The first kappa shape index (κ1) is 15.9. The Morgan fingerprint density at radius 1 is 1.28 bits per heavy atom. The van der Waals surface area contributed by atoms with Crippen molar-refractivity contribution >= 4 is 10.0 Å². The predicted molar refractivity (Wildman–Crippen MR) is 73.1 cm³/mol. The molecule has 0 aromatic heterocycles. The molecule has 0 atom stereocenters. The molecule has 0 aliphatic heterocycles. The molecule has 0 aromatic carbocycles. The Kier molecular flexibility index (Phi) is 6.55. The van der Waals surface area contributed by atoms with Crippen LogP contribution in [0.15, 0.2) is 0 Å². The van der Waals surface area contributed by atoms with Crippen LogP contribution < -0.4 is 10.0 Å². The number of sulfonamides is 1. The molecule has 0 spiro atoms. The Morgan fingerprint density at radius 2 is 2.00 bits per heavy atom. The summed E-state index contributed by atoms with van der Waals surface area (Å²) in [6.45, 7) is 2.15. The molecule has 0 unspecified atom stereocenters. The van der Waals surface area contributed by atoms with Gasteiger partial charge < -0.3 is 10.1 Å². The van der Waals surface area contributed by atoms with E-state index in [0.29, 0.717) is 19.6 Å². The fourth-order valence-electron chi connectivity index (χ4n) is 1.94. The Morgan fingerprint density at radius 3 is 2.56 bits per heavy atom. The average molecular weight is 278 g/mol. The van der Waals surface area contributed by atoms with Gasteiger partial charge in [0.2, 0.25) is 10.0 Å². The topological polar surface area (TPSA) is 67.4 Å². The van der Waals surface area contributed by atoms with Crippen molar-refractivity contribution in [3.63, 3.8) is 0 Å². The number of hydrogen-bond acceptors (Lipinski definition) is 4. The molecule has 0 bridgehead atoms. The molecule has 1 rings (SSSR count). The van der Waals surface area contributed by atoms with Crippen LogP contribution >= 0.6 is 0 Å². The van der Waals surface area contributed by atoms with Crippen LogP contribution in [0, 0.1) is 5.41 Å². The van der Waals surface area contributed by atoms with Crippen molar-refractivity contribution in [2.45, 2.75) is 32.1 Å². The molecule has 0 heterocycles. The maximum atomic E-state index is 11.8. The molecule has 6 heteroatoms. The van der Waals surface area contributed by atoms with Crippen molar-refractivity contribution in [2.24, 2.45) is 5.41 Å². The molecule has 1 aliphatic carbocycles. The van der Waals surface area contributed by atoms with Crippen LogP contribution in [0.25, 0.3) is 0 Å². The summed E-state index contributed by atoms with van der Waals surface area (Å²) in [7, 11) is 0.458. The van der Waals surface area contributed by atoms with Crippen molar-refractivity contribution in [3.05, 3.63) is 0 Å². The van der Waals surface area contributed by atoms with Gasteiger partial charge in [0.05, 0.1) is 5.75 Å². The quantitative estimate of drug-likeness (QED) is 0.547. The van der Waals surface area contributed by atoms with Gasteiger partial charge in [-0.2, -0.15) is 0 Å². The fraction of sp³-hybridized carbons (Fsp3) is 1.00. The van der Waals surface area contributed by atoms with Gasteiger partial charge >= 0.3 is 0 Å². The Hall–Kier alpha value is -0.170. The predicted octanol–water partition coefficient (Wildman–Crippen LogP) is 0.722. The highest BCUT2D eigenvalue weighted by Crippen LogP contribution is 2.48. The summed E-state index contributed by atoms with van der Waals surface area (Å²) < 4.78 is 31.4. The smallest absolute Gasteiger partial charge is 0.211 e. The minimum absolute atomic E-state index is 0.175. The molecule has 0 aromatic rings. The van der Waals surface area contributed by atoms with Gasteiger partial charge in [0.25, 0.3) is 0 Å². The van der Waals surface area contributed by atoms with E-state index in [2.05, 4.69) is 10.0 Å². The van der Waals surface area contributed by atoms with Crippen molar-refractivity contribution in [3.8, 4) is 0 Å². The molecule has 0 amide bonds. The molecule has 0 saturated heterocycles. The summed E-state index contributed by atoms with van der Waals surface area (Å²) in [4.78, 5) is 0. The van der Waals surface area contributed by atoms with E-state index < -0.39 is 10.0 Å². The first-order chi connectivity index (χ1) is 8.54. The second kappa shape index (κ2) is 7.43. The Bertz CT molecular complexity index is 326. The third kappa shape index (κ3) is 6.13. The number of hydrogen-bond donors (Lipinski definition) is 2. The third-order valence-corrected chi connectivity index (χ3v) is 4.96. The van der Waals surface area contributed by atoms with Crippen LogP contribution in [-0.2, 0) is 14.8 Å². The first-order valence-corrected chi connectivity index (χ1v) is 8.30. The van der Waals surface area contributed by atoms with Crippen LogP contribution in [0.4, 0.5) is 0 Å². The zero-order chi connectivity index (χ0) is 13.5. The average Bonchev–Trinajstić information content (AvgIpc) is 3.11. The minimum atomic E-state index is -3.10. The lowest BCUT2D eigenvalue weighted by molar-refractivity contribution is 0.173. The number of methoxy groups -OCH3 is 1. The van der Waals surface area contributed by atoms with E-state index in [1.165, 1.54) is 0 Å². The second-order valence-electron chi connectivity index (χ2n) is 5.19. The van der Waals surface area contributed by atoms with E-state index >= 15 is 0 Å². The fourth-order valence-corrected chi connectivity index (χ4v) is 3.19. The minimum Gasteiger partial charge on any atom is -0.385 e. The van der Waals surface area contributed by atoms with Gasteiger partial charge in [-0.1, -0.05) is 0 Å². The largest absolute Gasteiger partial charge is 0.385 e. The summed E-state index contributed by atoms with van der Waals surface area (Å²) in [6, 6.07) is 0. The van der Waals surface area contributed by atoms with Gasteiger partial charge in [0, 0.05) is 20.3 Å². The van der Waals surface area contributed by atoms with E-state index in [4.69, 9.17) is 4.74 Å². The normalized spacial score (nSPS) is 17.9. The lowest BCUT2D eigenvalue weighted by Gasteiger charge is -2.15. The van der Waals surface area contributed by atoms with Crippen LogP contribution in [0.1, 0.15) is 32.1 Å². The third-order valence-electron chi connectivity index (χ3n) is 3.55. The van der Waals surface area contributed by atoms with Gasteiger partial charge in [-0.3, -0.25) is 0 Å². The van der Waals surface area contributed by atoms with Gasteiger partial charge in [-0.25, -0.2) is 13.1 Å². The van der Waals surface area contributed by atoms with Crippen molar-refractivity contribution in [2.75, 3.05) is 39.6 Å². The highest BCUT2D eigenvalue weighted by Gasteiger charge is 2.42.